The zero-order valence-corrected chi connectivity index (χ0v) is 16.7. The molecule has 0 aromatic heterocycles. The van der Waals surface area contributed by atoms with Crippen LogP contribution < -0.4 is 16.0 Å². The average Bonchev–Trinajstić information content (AvgIpc) is 2.65. The van der Waals surface area contributed by atoms with Gasteiger partial charge < -0.3 is 25.8 Å². The molecule has 0 saturated carbocycles. The molecule has 3 N–H and O–H groups in total. The normalized spacial score (nSPS) is 16.7. The first-order valence-electron chi connectivity index (χ1n) is 9.77. The second kappa shape index (κ2) is 10.9. The van der Waals surface area contributed by atoms with Crippen molar-refractivity contribution >= 4 is 17.6 Å². The van der Waals surface area contributed by atoms with Crippen molar-refractivity contribution in [3.8, 4) is 0 Å². The number of anilines is 1. The van der Waals surface area contributed by atoms with E-state index in [4.69, 9.17) is 0 Å². The lowest BCUT2D eigenvalue weighted by molar-refractivity contribution is -0.123. The summed E-state index contributed by atoms with van der Waals surface area (Å²) in [5.41, 5.74) is 0.699. The van der Waals surface area contributed by atoms with E-state index in [2.05, 4.69) is 32.8 Å². The van der Waals surface area contributed by atoms with Gasteiger partial charge in [0.1, 0.15) is 6.04 Å². The minimum Gasteiger partial charge on any atom is -0.354 e. The van der Waals surface area contributed by atoms with Gasteiger partial charge in [-0.3, -0.25) is 4.79 Å². The number of hydrogen-bond acceptors (Lipinski definition) is 4. The van der Waals surface area contributed by atoms with Crippen molar-refractivity contribution in [2.24, 2.45) is 5.92 Å². The summed E-state index contributed by atoms with van der Waals surface area (Å²) in [5.74, 6) is -0.129. The van der Waals surface area contributed by atoms with E-state index in [9.17, 15) is 9.59 Å². The third kappa shape index (κ3) is 7.56. The Balaban J connectivity index is 1.71. The number of urea groups is 1. The van der Waals surface area contributed by atoms with Crippen LogP contribution in [-0.4, -0.2) is 74.1 Å². The first-order chi connectivity index (χ1) is 13.0. The standard InChI is InChI=1S/C20H33N5O2/c1-16(2)18(23-20(27)22-17-8-5-4-6-9-17)19(26)21-10-7-11-25-14-12-24(3)13-15-25/h4-6,8-9,16,18H,7,10-15H2,1-3H3,(H,21,26)(H2,22,23,27). The molecule has 7 nitrogen and oxygen atoms in total. The summed E-state index contributed by atoms with van der Waals surface area (Å²) in [6.45, 7) is 9.83. The van der Waals surface area contributed by atoms with Gasteiger partial charge in [-0.25, -0.2) is 4.79 Å². The highest BCUT2D eigenvalue weighted by atomic mass is 16.2. The third-order valence-corrected chi connectivity index (χ3v) is 4.81. The van der Waals surface area contributed by atoms with Gasteiger partial charge >= 0.3 is 6.03 Å². The third-order valence-electron chi connectivity index (χ3n) is 4.81. The van der Waals surface area contributed by atoms with Crippen molar-refractivity contribution < 1.29 is 9.59 Å². The van der Waals surface area contributed by atoms with Gasteiger partial charge in [-0.05, 0) is 38.1 Å². The predicted molar refractivity (Wildman–Crippen MR) is 109 cm³/mol. The number of para-hydroxylation sites is 1. The average molecular weight is 376 g/mol. The Morgan fingerprint density at radius 1 is 1.07 bits per heavy atom. The van der Waals surface area contributed by atoms with Gasteiger partial charge in [-0.1, -0.05) is 32.0 Å². The maximum absolute atomic E-state index is 12.5. The number of rotatable bonds is 8. The fraction of sp³-hybridized carbons (Fsp3) is 0.600. The highest BCUT2D eigenvalue weighted by Crippen LogP contribution is 2.07. The van der Waals surface area contributed by atoms with Crippen molar-refractivity contribution in [3.63, 3.8) is 0 Å². The van der Waals surface area contributed by atoms with Gasteiger partial charge in [0.15, 0.2) is 0 Å². The zero-order chi connectivity index (χ0) is 19.6. The van der Waals surface area contributed by atoms with Crippen LogP contribution >= 0.6 is 0 Å². The summed E-state index contributed by atoms with van der Waals surface area (Å²) in [4.78, 5) is 29.4. The summed E-state index contributed by atoms with van der Waals surface area (Å²) in [7, 11) is 2.14. The van der Waals surface area contributed by atoms with Crippen LogP contribution in [0, 0.1) is 5.92 Å². The van der Waals surface area contributed by atoms with Crippen molar-refractivity contribution in [1.29, 1.82) is 0 Å². The Morgan fingerprint density at radius 2 is 1.74 bits per heavy atom. The van der Waals surface area contributed by atoms with Crippen LogP contribution in [0.3, 0.4) is 0 Å². The lowest BCUT2D eigenvalue weighted by atomic mass is 10.0. The molecular weight excluding hydrogens is 342 g/mol. The van der Waals surface area contributed by atoms with Gasteiger partial charge in [-0.15, -0.1) is 0 Å². The van der Waals surface area contributed by atoms with E-state index >= 15 is 0 Å². The molecule has 7 heteroatoms. The molecule has 1 saturated heterocycles. The molecule has 0 radical (unpaired) electrons. The molecule has 0 aliphatic carbocycles. The van der Waals surface area contributed by atoms with Crippen molar-refractivity contribution in [3.05, 3.63) is 30.3 Å². The largest absolute Gasteiger partial charge is 0.354 e. The van der Waals surface area contributed by atoms with Crippen LogP contribution in [0.5, 0.6) is 0 Å². The van der Waals surface area contributed by atoms with Gasteiger partial charge in [-0.2, -0.15) is 0 Å². The lowest BCUT2D eigenvalue weighted by Crippen LogP contribution is -2.51. The molecule has 1 atom stereocenters. The van der Waals surface area contributed by atoms with Crippen LogP contribution in [0.2, 0.25) is 0 Å². The molecule has 27 heavy (non-hydrogen) atoms. The fourth-order valence-corrected chi connectivity index (χ4v) is 3.06. The molecular formula is C20H33N5O2. The minimum atomic E-state index is -0.558. The number of nitrogens with one attached hydrogen (secondary N) is 3. The SMILES string of the molecule is CC(C)C(NC(=O)Nc1ccccc1)C(=O)NCCCN1CCN(C)CC1. The minimum absolute atomic E-state index is 0.00385. The maximum atomic E-state index is 12.5. The van der Waals surface area contributed by atoms with Crippen molar-refractivity contribution in [1.82, 2.24) is 20.4 Å². The highest BCUT2D eigenvalue weighted by Gasteiger charge is 2.24. The van der Waals surface area contributed by atoms with Gasteiger partial charge in [0.05, 0.1) is 0 Å². The number of nitrogens with zero attached hydrogens (tertiary/aromatic N) is 2. The number of likely N-dealkylation sites (N-methyl/N-ethyl adjacent to an activating group) is 1. The maximum Gasteiger partial charge on any atom is 0.319 e. The molecule has 1 unspecified atom stereocenters. The summed E-state index contributed by atoms with van der Waals surface area (Å²) >= 11 is 0. The molecule has 1 aromatic carbocycles. The van der Waals surface area contributed by atoms with Gasteiger partial charge in [0, 0.05) is 38.4 Å². The lowest BCUT2D eigenvalue weighted by Gasteiger charge is -2.32. The molecule has 1 aliphatic rings. The Labute approximate surface area is 162 Å². The second-order valence-corrected chi connectivity index (χ2v) is 7.48. The molecule has 2 rings (SSSR count). The quantitative estimate of drug-likeness (QED) is 0.603. The van der Waals surface area contributed by atoms with Crippen LogP contribution in [0.15, 0.2) is 30.3 Å². The molecule has 0 bridgehead atoms. The fourth-order valence-electron chi connectivity index (χ4n) is 3.06. The molecule has 1 heterocycles. The monoisotopic (exact) mass is 375 g/mol. The molecule has 150 valence electrons. The molecule has 1 aliphatic heterocycles. The second-order valence-electron chi connectivity index (χ2n) is 7.48. The van der Waals surface area contributed by atoms with E-state index in [0.29, 0.717) is 12.2 Å². The number of benzene rings is 1. The van der Waals surface area contributed by atoms with E-state index in [1.165, 1.54) is 0 Å². The van der Waals surface area contributed by atoms with Crippen molar-refractivity contribution in [2.45, 2.75) is 26.3 Å². The summed E-state index contributed by atoms with van der Waals surface area (Å²) in [5, 5.41) is 8.50. The summed E-state index contributed by atoms with van der Waals surface area (Å²) in [6.07, 6.45) is 0.913. The Morgan fingerprint density at radius 3 is 2.37 bits per heavy atom. The number of amides is 3. The molecule has 0 spiro atoms. The van der Waals surface area contributed by atoms with E-state index in [1.54, 1.807) is 0 Å². The van der Waals surface area contributed by atoms with Crippen molar-refractivity contribution in [2.75, 3.05) is 51.6 Å². The number of carbonyl (C=O) groups is 2. The first kappa shape index (κ1) is 21.2. The van der Waals surface area contributed by atoms with Gasteiger partial charge in [0.2, 0.25) is 5.91 Å². The number of carbonyl (C=O) groups excluding carboxylic acids is 2. The predicted octanol–water partition coefficient (Wildman–Crippen LogP) is 1.59. The Bertz CT molecular complexity index is 585. The Hall–Kier alpha value is -2.12. The number of hydrogen-bond donors (Lipinski definition) is 3. The van der Waals surface area contributed by atoms with Crippen LogP contribution in [-0.2, 0) is 4.79 Å². The zero-order valence-electron chi connectivity index (χ0n) is 16.7. The van der Waals surface area contributed by atoms with Crippen LogP contribution in [0.25, 0.3) is 0 Å². The van der Waals surface area contributed by atoms with Crippen LogP contribution in [0.1, 0.15) is 20.3 Å². The van der Waals surface area contributed by atoms with Crippen LogP contribution in [0.4, 0.5) is 10.5 Å². The Kier molecular flexibility index (Phi) is 8.54. The van der Waals surface area contributed by atoms with E-state index in [0.717, 1.165) is 39.1 Å². The van der Waals surface area contributed by atoms with Gasteiger partial charge in [0.25, 0.3) is 0 Å². The van der Waals surface area contributed by atoms with E-state index < -0.39 is 6.04 Å². The molecule has 1 aromatic rings. The highest BCUT2D eigenvalue weighted by molar-refractivity contribution is 5.93. The first-order valence-corrected chi connectivity index (χ1v) is 9.77. The summed E-state index contributed by atoms with van der Waals surface area (Å²) < 4.78 is 0. The van der Waals surface area contributed by atoms with E-state index in [-0.39, 0.29) is 17.9 Å². The topological polar surface area (TPSA) is 76.7 Å². The molecule has 3 amide bonds. The van der Waals surface area contributed by atoms with E-state index in [1.807, 2.05) is 44.2 Å². The number of piperazine rings is 1. The summed E-state index contributed by atoms with van der Waals surface area (Å²) in [6, 6.07) is 8.27. The molecule has 1 fully saturated rings. The smallest absolute Gasteiger partial charge is 0.319 e.